The van der Waals surface area contributed by atoms with Crippen LogP contribution in [0.4, 0.5) is 5.69 Å². The zero-order valence-corrected chi connectivity index (χ0v) is 22.3. The van der Waals surface area contributed by atoms with Crippen LogP contribution in [0.5, 0.6) is 5.75 Å². The Morgan fingerprint density at radius 3 is 2.43 bits per heavy atom. The zero-order chi connectivity index (χ0) is 26.5. The number of ether oxygens (including phenoxy) is 1. The van der Waals surface area contributed by atoms with E-state index in [0.29, 0.717) is 39.8 Å². The Morgan fingerprint density at radius 1 is 1.08 bits per heavy atom. The van der Waals surface area contributed by atoms with Gasteiger partial charge in [-0.15, -0.1) is 0 Å². The zero-order valence-electron chi connectivity index (χ0n) is 22.3. The van der Waals surface area contributed by atoms with E-state index in [0.717, 1.165) is 42.3 Å². The molecule has 0 spiro atoms. The fraction of sp³-hybridized carbons (Fsp3) is 0.433. The van der Waals surface area contributed by atoms with Gasteiger partial charge in [0.1, 0.15) is 23.6 Å². The van der Waals surface area contributed by atoms with Gasteiger partial charge < -0.3 is 29.7 Å². The smallest absolute Gasteiger partial charge is 0.199 e. The molecular weight excluding hydrogens is 466 g/mol. The molecule has 3 aromatic carbocycles. The Balaban J connectivity index is 1.75. The van der Waals surface area contributed by atoms with Crippen molar-refractivity contribution in [2.75, 3.05) is 31.5 Å². The van der Waals surface area contributed by atoms with E-state index in [9.17, 15) is 15.0 Å². The fourth-order valence-electron chi connectivity index (χ4n) is 5.64. The highest BCUT2D eigenvalue weighted by molar-refractivity contribution is 6.06. The van der Waals surface area contributed by atoms with Crippen LogP contribution in [-0.4, -0.2) is 57.6 Å². The van der Waals surface area contributed by atoms with Crippen molar-refractivity contribution < 1.29 is 14.9 Å². The Kier molecular flexibility index (Phi) is 6.64. The number of anilines is 1. The molecule has 0 fully saturated rings. The number of fused-ring (bicyclic) bond motifs is 5. The number of aliphatic hydroxyl groups excluding tert-OH is 2. The van der Waals surface area contributed by atoms with Crippen molar-refractivity contribution >= 4 is 38.3 Å². The van der Waals surface area contributed by atoms with E-state index in [1.54, 1.807) is 13.8 Å². The Hall–Kier alpha value is -3.13. The highest BCUT2D eigenvalue weighted by Crippen LogP contribution is 2.46. The van der Waals surface area contributed by atoms with Gasteiger partial charge in [-0.3, -0.25) is 4.79 Å². The number of hydrogen-bond acceptors (Lipinski definition) is 6. The lowest BCUT2D eigenvalue weighted by Crippen LogP contribution is -2.49. The molecule has 1 aliphatic heterocycles. The third-order valence-corrected chi connectivity index (χ3v) is 7.88. The third-order valence-electron chi connectivity index (χ3n) is 7.88. The number of benzene rings is 3. The van der Waals surface area contributed by atoms with Crippen molar-refractivity contribution in [1.82, 2.24) is 9.47 Å². The molecule has 7 heteroatoms. The predicted octanol–water partition coefficient (Wildman–Crippen LogP) is 4.55. The van der Waals surface area contributed by atoms with Gasteiger partial charge in [-0.1, -0.05) is 38.1 Å². The summed E-state index contributed by atoms with van der Waals surface area (Å²) in [5.74, 6) is 0.483. The number of pyridine rings is 1. The van der Waals surface area contributed by atoms with Crippen molar-refractivity contribution in [3.05, 3.63) is 58.3 Å². The van der Waals surface area contributed by atoms with Crippen LogP contribution < -0.4 is 15.5 Å². The van der Waals surface area contributed by atoms with E-state index in [2.05, 4.69) is 24.1 Å². The van der Waals surface area contributed by atoms with Crippen LogP contribution in [0.2, 0.25) is 0 Å². The maximum Gasteiger partial charge on any atom is 0.199 e. The van der Waals surface area contributed by atoms with Gasteiger partial charge in [0, 0.05) is 30.6 Å². The Labute approximate surface area is 217 Å². The van der Waals surface area contributed by atoms with Gasteiger partial charge in [0.25, 0.3) is 0 Å². The number of aromatic nitrogens is 1. The van der Waals surface area contributed by atoms with Crippen LogP contribution >= 0.6 is 0 Å². The largest absolute Gasteiger partial charge is 0.484 e. The van der Waals surface area contributed by atoms with Crippen molar-refractivity contribution in [3.63, 3.8) is 0 Å². The average Bonchev–Trinajstić information content (AvgIpc) is 2.89. The van der Waals surface area contributed by atoms with Gasteiger partial charge in [-0.25, -0.2) is 0 Å². The minimum absolute atomic E-state index is 0.102. The van der Waals surface area contributed by atoms with Crippen LogP contribution in [0.1, 0.15) is 45.8 Å². The summed E-state index contributed by atoms with van der Waals surface area (Å²) in [5, 5.41) is 28.8. The molecule has 1 aromatic heterocycles. The van der Waals surface area contributed by atoms with E-state index in [1.807, 2.05) is 54.1 Å². The van der Waals surface area contributed by atoms with Gasteiger partial charge >= 0.3 is 0 Å². The molecule has 0 saturated heterocycles. The van der Waals surface area contributed by atoms with Crippen molar-refractivity contribution in [1.29, 1.82) is 0 Å². The summed E-state index contributed by atoms with van der Waals surface area (Å²) in [7, 11) is 1.90. The van der Waals surface area contributed by atoms with Gasteiger partial charge in [0.2, 0.25) is 0 Å². The second-order valence-corrected chi connectivity index (χ2v) is 10.6. The van der Waals surface area contributed by atoms with E-state index < -0.39 is 17.8 Å². The van der Waals surface area contributed by atoms with Gasteiger partial charge in [-0.2, -0.15) is 0 Å². The Bertz CT molecular complexity index is 1540. The molecule has 0 saturated carbocycles. The summed E-state index contributed by atoms with van der Waals surface area (Å²) >= 11 is 0. The van der Waals surface area contributed by atoms with Crippen LogP contribution in [0.15, 0.2) is 47.3 Å². The van der Waals surface area contributed by atoms with Crippen molar-refractivity contribution in [3.8, 4) is 5.75 Å². The fourth-order valence-corrected chi connectivity index (χ4v) is 5.64. The SMILES string of the molecule is CCN(CC)CCCNc1cc2c(c3c1c(=O)c1cc4ccccc4cc1n3C)[C@H](O)[C@H](O)C(C)(C)O2. The molecule has 0 unspecified atom stereocenters. The van der Waals surface area contributed by atoms with Gasteiger partial charge in [0.15, 0.2) is 5.43 Å². The quantitative estimate of drug-likeness (QED) is 0.253. The second kappa shape index (κ2) is 9.63. The number of hydrogen-bond donors (Lipinski definition) is 3. The van der Waals surface area contributed by atoms with E-state index in [1.165, 1.54) is 0 Å². The molecule has 37 heavy (non-hydrogen) atoms. The summed E-state index contributed by atoms with van der Waals surface area (Å²) in [6.45, 7) is 11.5. The maximum absolute atomic E-state index is 14.1. The minimum atomic E-state index is -1.19. The molecule has 2 heterocycles. The van der Waals surface area contributed by atoms with E-state index in [-0.39, 0.29) is 5.43 Å². The summed E-state index contributed by atoms with van der Waals surface area (Å²) < 4.78 is 8.19. The summed E-state index contributed by atoms with van der Waals surface area (Å²) in [6.07, 6.45) is -1.41. The first-order valence-electron chi connectivity index (χ1n) is 13.2. The molecule has 7 nitrogen and oxygen atoms in total. The lowest BCUT2D eigenvalue weighted by Gasteiger charge is -2.41. The van der Waals surface area contributed by atoms with Crippen molar-refractivity contribution in [2.24, 2.45) is 7.05 Å². The summed E-state index contributed by atoms with van der Waals surface area (Å²) in [4.78, 5) is 16.5. The lowest BCUT2D eigenvalue weighted by molar-refractivity contribution is -0.111. The Morgan fingerprint density at radius 2 is 1.76 bits per heavy atom. The molecule has 2 atom stereocenters. The molecule has 0 aliphatic carbocycles. The monoisotopic (exact) mass is 503 g/mol. The van der Waals surface area contributed by atoms with Crippen LogP contribution in [-0.2, 0) is 7.05 Å². The number of nitrogens with one attached hydrogen (secondary N) is 1. The molecule has 0 bridgehead atoms. The van der Waals surface area contributed by atoms with Gasteiger partial charge in [-0.05, 0) is 62.8 Å². The van der Waals surface area contributed by atoms with Crippen molar-refractivity contribution in [2.45, 2.75) is 51.9 Å². The predicted molar refractivity (Wildman–Crippen MR) is 151 cm³/mol. The minimum Gasteiger partial charge on any atom is -0.484 e. The lowest BCUT2D eigenvalue weighted by atomic mass is 9.86. The molecule has 1 aliphatic rings. The summed E-state index contributed by atoms with van der Waals surface area (Å²) in [5.41, 5.74) is 1.40. The number of nitrogens with zero attached hydrogens (tertiary/aromatic N) is 2. The second-order valence-electron chi connectivity index (χ2n) is 10.6. The van der Waals surface area contributed by atoms with Crippen LogP contribution in [0.25, 0.3) is 32.6 Å². The number of rotatable bonds is 7. The molecular formula is C30H37N3O4. The summed E-state index contributed by atoms with van der Waals surface area (Å²) in [6, 6.07) is 13.8. The highest BCUT2D eigenvalue weighted by atomic mass is 16.5. The molecule has 5 rings (SSSR count). The van der Waals surface area contributed by atoms with E-state index >= 15 is 0 Å². The first-order valence-corrected chi connectivity index (χ1v) is 13.2. The van der Waals surface area contributed by atoms with E-state index in [4.69, 9.17) is 4.74 Å². The molecule has 0 amide bonds. The number of aryl methyl sites for hydroxylation is 1. The topological polar surface area (TPSA) is 87.0 Å². The standard InChI is InChI=1S/C30H37N3O4/c1-6-33(7-2)14-10-13-31-21-17-23-25(28(35)29(36)30(3,4)37-23)26-24(21)27(34)20-15-18-11-8-9-12-19(18)16-22(20)32(26)5/h8-9,11-12,15-17,28-29,31,35-36H,6-7,10,13-14H2,1-5H3/t28-,29-/m0/s1. The van der Waals surface area contributed by atoms with Crippen LogP contribution in [0, 0.1) is 0 Å². The average molecular weight is 504 g/mol. The first-order chi connectivity index (χ1) is 17.7. The molecule has 0 radical (unpaired) electrons. The first kappa shape index (κ1) is 25.5. The van der Waals surface area contributed by atoms with Gasteiger partial charge in [0.05, 0.1) is 22.1 Å². The number of aliphatic hydroxyl groups is 2. The highest BCUT2D eigenvalue weighted by Gasteiger charge is 2.44. The molecule has 196 valence electrons. The third kappa shape index (κ3) is 4.25. The normalized spacial score (nSPS) is 18.9. The molecule has 3 N–H and O–H groups in total. The maximum atomic E-state index is 14.1. The molecule has 4 aromatic rings. The van der Waals surface area contributed by atoms with Crippen LogP contribution in [0.3, 0.4) is 0 Å².